The number of rotatable bonds is 58. The predicted molar refractivity (Wildman–Crippen MR) is 307 cm³/mol. The Morgan fingerprint density at radius 3 is 1.00 bits per heavy atom. The van der Waals surface area contributed by atoms with Crippen molar-refractivity contribution >= 4 is 0 Å². The molecule has 406 valence electrons. The fourth-order valence-corrected chi connectivity index (χ4v) is 8.67. The van der Waals surface area contributed by atoms with Crippen LogP contribution in [0.15, 0.2) is 60.8 Å². The van der Waals surface area contributed by atoms with Crippen LogP contribution in [0, 0.1) is 0 Å². The lowest BCUT2D eigenvalue weighted by Gasteiger charge is -2.22. The van der Waals surface area contributed by atoms with Gasteiger partial charge in [-0.25, -0.2) is 0 Å². The van der Waals surface area contributed by atoms with Crippen molar-refractivity contribution in [2.24, 2.45) is 0 Å². The van der Waals surface area contributed by atoms with E-state index in [9.17, 15) is 0 Å². The summed E-state index contributed by atoms with van der Waals surface area (Å²) in [5, 5.41) is 0. The van der Waals surface area contributed by atoms with Gasteiger partial charge in [0, 0.05) is 19.8 Å². The molecular weight excluding hydrogens is 847 g/mol. The van der Waals surface area contributed by atoms with Gasteiger partial charge in [0.05, 0.1) is 25.9 Å². The van der Waals surface area contributed by atoms with E-state index >= 15 is 0 Å². The molecule has 0 aromatic carbocycles. The zero-order chi connectivity index (χ0) is 49.9. The molecule has 0 fully saturated rings. The van der Waals surface area contributed by atoms with E-state index in [1.54, 1.807) is 0 Å². The van der Waals surface area contributed by atoms with Gasteiger partial charge < -0.3 is 23.8 Å². The summed E-state index contributed by atoms with van der Waals surface area (Å²) in [6, 6.07) is 0. The van der Waals surface area contributed by atoms with Gasteiger partial charge in [-0.15, -0.1) is 0 Å². The molecule has 5 nitrogen and oxygen atoms in total. The van der Waals surface area contributed by atoms with Crippen molar-refractivity contribution in [1.29, 1.82) is 0 Å². The quantitative estimate of drug-likeness (QED) is 0.0449. The summed E-state index contributed by atoms with van der Waals surface area (Å²) in [5.74, 6) is 0. The molecule has 0 N–H and O–H groups in total. The summed E-state index contributed by atoms with van der Waals surface area (Å²) < 4.78 is 25.6. The average Bonchev–Trinajstić information content (AvgIpc) is 3.34. The van der Waals surface area contributed by atoms with Crippen LogP contribution < -0.4 is 0 Å². The summed E-state index contributed by atoms with van der Waals surface area (Å²) in [4.78, 5) is 2.27. The van der Waals surface area contributed by atoms with Gasteiger partial charge in [0.2, 0.25) is 0 Å². The Kier molecular flexibility index (Phi) is 59.5. The van der Waals surface area contributed by atoms with Crippen molar-refractivity contribution in [1.82, 2.24) is 4.90 Å². The van der Waals surface area contributed by atoms with Crippen molar-refractivity contribution in [3.63, 3.8) is 0 Å². The van der Waals surface area contributed by atoms with Crippen LogP contribution in [0.2, 0.25) is 0 Å². The standard InChI is InChI=1S/C64H121NO4/c1-6-9-12-15-18-21-24-27-30-33-36-39-42-45-48-51-57-66-61-64(69-59-53-50-47-44-41-38-35-32-29-26-23-20-17-14-11-8-3)62-67-60-63(55-54-56-65(4)5)68-58-52-49-46-43-40-37-34-31-28-25-22-19-16-13-10-7-2/h18-23,27,29-30,32,63-64H,6-17,24-26,28,31,33-62H2,1-5H3/b21-18-,22-19-,23-20-,30-27-,32-29-. The van der Waals surface area contributed by atoms with Crippen molar-refractivity contribution in [3.05, 3.63) is 60.8 Å². The Hall–Kier alpha value is -1.50. The zero-order valence-corrected chi connectivity index (χ0v) is 47.2. The first-order chi connectivity index (χ1) is 34.1. The molecule has 0 saturated heterocycles. The number of ether oxygens (including phenoxy) is 4. The van der Waals surface area contributed by atoms with Crippen LogP contribution in [-0.4, -0.2) is 77.4 Å². The molecule has 0 aliphatic heterocycles. The Balaban J connectivity index is 4.56. The van der Waals surface area contributed by atoms with E-state index in [0.29, 0.717) is 19.8 Å². The van der Waals surface area contributed by atoms with Gasteiger partial charge in [0.15, 0.2) is 0 Å². The largest absolute Gasteiger partial charge is 0.379 e. The maximum atomic E-state index is 6.49. The second-order valence-electron chi connectivity index (χ2n) is 20.6. The summed E-state index contributed by atoms with van der Waals surface area (Å²) in [6.45, 7) is 12.2. The lowest BCUT2D eigenvalue weighted by Crippen LogP contribution is -2.30. The number of unbranched alkanes of at least 4 members (excludes halogenated alkanes) is 30. The molecule has 0 rings (SSSR count). The third-order valence-corrected chi connectivity index (χ3v) is 13.2. The van der Waals surface area contributed by atoms with E-state index in [4.69, 9.17) is 18.9 Å². The van der Waals surface area contributed by atoms with E-state index in [1.807, 2.05) is 0 Å². The van der Waals surface area contributed by atoms with Gasteiger partial charge in [0.1, 0.15) is 6.10 Å². The highest BCUT2D eigenvalue weighted by Gasteiger charge is 2.15. The molecule has 0 saturated carbocycles. The van der Waals surface area contributed by atoms with Crippen LogP contribution in [0.4, 0.5) is 0 Å². The lowest BCUT2D eigenvalue weighted by molar-refractivity contribution is -0.0834. The van der Waals surface area contributed by atoms with E-state index in [-0.39, 0.29) is 12.2 Å². The minimum atomic E-state index is -0.0211. The molecule has 0 amide bonds. The van der Waals surface area contributed by atoms with Crippen molar-refractivity contribution in [2.75, 3.05) is 60.3 Å². The monoisotopic (exact) mass is 968 g/mol. The summed E-state index contributed by atoms with van der Waals surface area (Å²) in [6.07, 6.45) is 74.8. The van der Waals surface area contributed by atoms with E-state index in [2.05, 4.69) is 101 Å². The van der Waals surface area contributed by atoms with Crippen LogP contribution in [0.25, 0.3) is 0 Å². The second-order valence-corrected chi connectivity index (χ2v) is 20.6. The predicted octanol–water partition coefficient (Wildman–Crippen LogP) is 19.8. The molecule has 2 atom stereocenters. The van der Waals surface area contributed by atoms with E-state index in [0.717, 1.165) is 71.3 Å². The van der Waals surface area contributed by atoms with Crippen molar-refractivity contribution < 1.29 is 18.9 Å². The second kappa shape index (κ2) is 60.8. The van der Waals surface area contributed by atoms with Crippen LogP contribution in [0.3, 0.4) is 0 Å². The van der Waals surface area contributed by atoms with Crippen molar-refractivity contribution in [2.45, 2.75) is 290 Å². The number of nitrogens with zero attached hydrogens (tertiary/aromatic N) is 1. The van der Waals surface area contributed by atoms with Crippen molar-refractivity contribution in [3.8, 4) is 0 Å². The average molecular weight is 969 g/mol. The van der Waals surface area contributed by atoms with Gasteiger partial charge in [-0.2, -0.15) is 0 Å². The highest BCUT2D eigenvalue weighted by atomic mass is 16.6. The van der Waals surface area contributed by atoms with Gasteiger partial charge in [0.25, 0.3) is 0 Å². The summed E-state index contributed by atoms with van der Waals surface area (Å²) in [7, 11) is 4.32. The highest BCUT2D eigenvalue weighted by molar-refractivity contribution is 4.93. The normalized spacial score (nSPS) is 13.4. The number of hydrogen-bond donors (Lipinski definition) is 0. The molecular formula is C64H121NO4. The molecule has 0 aromatic heterocycles. The molecule has 69 heavy (non-hydrogen) atoms. The van der Waals surface area contributed by atoms with Gasteiger partial charge in [-0.1, -0.05) is 216 Å². The van der Waals surface area contributed by atoms with Crippen LogP contribution >= 0.6 is 0 Å². The Bertz CT molecular complexity index is 1100. The first-order valence-corrected chi connectivity index (χ1v) is 30.4. The molecule has 0 aliphatic carbocycles. The molecule has 0 aliphatic rings. The molecule has 0 heterocycles. The maximum absolute atomic E-state index is 6.49. The van der Waals surface area contributed by atoms with E-state index in [1.165, 1.54) is 212 Å². The van der Waals surface area contributed by atoms with Crippen LogP contribution in [0.1, 0.15) is 278 Å². The lowest BCUT2D eigenvalue weighted by atomic mass is 10.1. The van der Waals surface area contributed by atoms with Gasteiger partial charge in [-0.3, -0.25) is 0 Å². The highest BCUT2D eigenvalue weighted by Crippen LogP contribution is 2.15. The Morgan fingerprint density at radius 1 is 0.304 bits per heavy atom. The Labute approximate surface area is 432 Å². The molecule has 0 spiro atoms. The molecule has 0 radical (unpaired) electrons. The van der Waals surface area contributed by atoms with Crippen LogP contribution in [0.5, 0.6) is 0 Å². The fraction of sp³-hybridized carbons (Fsp3) is 0.844. The topological polar surface area (TPSA) is 40.2 Å². The molecule has 2 unspecified atom stereocenters. The summed E-state index contributed by atoms with van der Waals surface area (Å²) >= 11 is 0. The Morgan fingerprint density at radius 2 is 0.609 bits per heavy atom. The summed E-state index contributed by atoms with van der Waals surface area (Å²) in [5.41, 5.74) is 0. The smallest absolute Gasteiger partial charge is 0.104 e. The number of allylic oxidation sites excluding steroid dienone is 10. The third kappa shape index (κ3) is 59.0. The number of hydrogen-bond acceptors (Lipinski definition) is 5. The minimum Gasteiger partial charge on any atom is -0.379 e. The first kappa shape index (κ1) is 67.5. The van der Waals surface area contributed by atoms with Crippen LogP contribution in [-0.2, 0) is 18.9 Å². The SMILES string of the molecule is CCCCC/C=C\C/C=C\CCCCCCCCOCC(COCC(CCCN(C)C)OCCCCCCCCCCC/C=C\CCCCC)OCCCCCCCC/C=C\C/C=C\CCCCC. The minimum absolute atomic E-state index is 0.0211. The molecule has 5 heteroatoms. The zero-order valence-electron chi connectivity index (χ0n) is 47.2. The molecule has 0 aromatic rings. The fourth-order valence-electron chi connectivity index (χ4n) is 8.67. The third-order valence-electron chi connectivity index (χ3n) is 13.2. The van der Waals surface area contributed by atoms with E-state index < -0.39 is 0 Å². The maximum Gasteiger partial charge on any atom is 0.104 e. The van der Waals surface area contributed by atoms with Gasteiger partial charge >= 0.3 is 0 Å². The van der Waals surface area contributed by atoms with Gasteiger partial charge in [-0.05, 0) is 143 Å². The first-order valence-electron chi connectivity index (χ1n) is 30.4. The molecule has 0 bridgehead atoms.